The molecule has 0 aliphatic heterocycles. The van der Waals surface area contributed by atoms with Crippen LogP contribution in [0.5, 0.6) is 0 Å². The monoisotopic (exact) mass is 516 g/mol. The third-order valence-corrected chi connectivity index (χ3v) is 7.38. The zero-order chi connectivity index (χ0) is 25.9. The first-order chi connectivity index (χ1) is 16.4. The summed E-state index contributed by atoms with van der Waals surface area (Å²) in [5.74, 6) is -1.96. The van der Waals surface area contributed by atoms with Gasteiger partial charge in [-0.15, -0.1) is 0 Å². The molecule has 1 atom stereocenters. The van der Waals surface area contributed by atoms with Crippen molar-refractivity contribution < 1.29 is 28.2 Å². The van der Waals surface area contributed by atoms with E-state index in [0.29, 0.717) is 21.8 Å². The molecule has 0 fully saturated rings. The Bertz CT molecular complexity index is 1410. The van der Waals surface area contributed by atoms with Gasteiger partial charge in [0.05, 0.1) is 11.5 Å². The van der Waals surface area contributed by atoms with Crippen molar-refractivity contribution >= 4 is 39.2 Å². The zero-order valence-electron chi connectivity index (χ0n) is 19.3. The third-order valence-electron chi connectivity index (χ3n) is 5.45. The number of benzene rings is 3. The van der Waals surface area contributed by atoms with E-state index >= 15 is 0 Å². The first-order valence-electron chi connectivity index (χ1n) is 10.6. The summed E-state index contributed by atoms with van der Waals surface area (Å²) in [6, 6.07) is 13.4. The summed E-state index contributed by atoms with van der Waals surface area (Å²) in [4.78, 5) is 23.5. The quantitative estimate of drug-likeness (QED) is 0.359. The van der Waals surface area contributed by atoms with Crippen LogP contribution in [0.15, 0.2) is 59.5 Å². The number of carbonyl (C=O) groups excluding carboxylic acids is 1. The minimum atomic E-state index is -3.86. The van der Waals surface area contributed by atoms with Crippen molar-refractivity contribution in [1.82, 2.24) is 5.32 Å². The van der Waals surface area contributed by atoms with Gasteiger partial charge < -0.3 is 15.5 Å². The van der Waals surface area contributed by atoms with Gasteiger partial charge in [-0.3, -0.25) is 9.52 Å². The third kappa shape index (κ3) is 6.00. The molecule has 0 bridgehead atoms. The van der Waals surface area contributed by atoms with Crippen LogP contribution in [0.25, 0.3) is 11.1 Å². The zero-order valence-corrected chi connectivity index (χ0v) is 20.9. The number of carboxylic acids is 1. The van der Waals surface area contributed by atoms with Crippen LogP contribution in [-0.2, 0) is 14.8 Å². The number of anilines is 1. The number of amides is 1. The van der Waals surface area contributed by atoms with Crippen LogP contribution in [0.1, 0.15) is 27.0 Å². The van der Waals surface area contributed by atoms with Crippen molar-refractivity contribution in [2.75, 3.05) is 11.3 Å². The van der Waals surface area contributed by atoms with E-state index in [1.807, 2.05) is 6.07 Å². The minimum absolute atomic E-state index is 0.138. The van der Waals surface area contributed by atoms with Gasteiger partial charge in [-0.1, -0.05) is 29.8 Å². The molecule has 0 aliphatic carbocycles. The number of aryl methyl sites for hydroxylation is 3. The maximum Gasteiger partial charge on any atom is 0.328 e. The van der Waals surface area contributed by atoms with E-state index in [0.717, 1.165) is 16.7 Å². The first-order valence-corrected chi connectivity index (χ1v) is 12.4. The largest absolute Gasteiger partial charge is 0.480 e. The first kappa shape index (κ1) is 26.2. The van der Waals surface area contributed by atoms with Gasteiger partial charge in [-0.25, -0.2) is 13.2 Å². The van der Waals surface area contributed by atoms with E-state index in [9.17, 15) is 18.0 Å². The molecule has 8 nitrogen and oxygen atoms in total. The lowest BCUT2D eigenvalue weighted by Crippen LogP contribution is -2.43. The predicted molar refractivity (Wildman–Crippen MR) is 134 cm³/mol. The lowest BCUT2D eigenvalue weighted by atomic mass is 9.98. The number of rotatable bonds is 8. The Morgan fingerprint density at radius 2 is 1.69 bits per heavy atom. The lowest BCUT2D eigenvalue weighted by Gasteiger charge is -2.15. The van der Waals surface area contributed by atoms with Crippen LogP contribution in [0.4, 0.5) is 5.69 Å². The molecule has 3 aromatic carbocycles. The summed E-state index contributed by atoms with van der Waals surface area (Å²) in [6.07, 6.45) is 0. The molecule has 3 aromatic rings. The maximum atomic E-state index is 13.0. The molecule has 4 N–H and O–H groups in total. The molecule has 0 aliphatic rings. The molecule has 0 heterocycles. The fraction of sp³-hybridized carbons (Fsp3) is 0.200. The van der Waals surface area contributed by atoms with E-state index in [1.165, 1.54) is 12.1 Å². The molecule has 1 amide bonds. The Morgan fingerprint density at radius 1 is 0.971 bits per heavy atom. The summed E-state index contributed by atoms with van der Waals surface area (Å²) in [7, 11) is -3.86. The molecular weight excluding hydrogens is 492 g/mol. The van der Waals surface area contributed by atoms with Crippen molar-refractivity contribution in [2.24, 2.45) is 0 Å². The van der Waals surface area contributed by atoms with Crippen LogP contribution < -0.4 is 10.0 Å². The average Bonchev–Trinajstić information content (AvgIpc) is 2.79. The van der Waals surface area contributed by atoms with Crippen LogP contribution in [0.2, 0.25) is 5.02 Å². The summed E-state index contributed by atoms with van der Waals surface area (Å²) in [5, 5.41) is 20.9. The minimum Gasteiger partial charge on any atom is -0.480 e. The number of carboxylic acid groups (broad SMARTS) is 1. The molecule has 0 saturated carbocycles. The Hall–Kier alpha value is -3.40. The maximum absolute atomic E-state index is 13.0. The van der Waals surface area contributed by atoms with Gasteiger partial charge in [0, 0.05) is 16.3 Å². The van der Waals surface area contributed by atoms with Crippen LogP contribution in [-0.4, -0.2) is 43.2 Å². The number of aliphatic hydroxyl groups is 1. The van der Waals surface area contributed by atoms with Crippen LogP contribution in [0, 0.1) is 20.8 Å². The van der Waals surface area contributed by atoms with Gasteiger partial charge in [-0.05, 0) is 85.0 Å². The summed E-state index contributed by atoms with van der Waals surface area (Å²) in [5.41, 5.74) is 3.98. The number of carbonyl (C=O) groups is 2. The smallest absolute Gasteiger partial charge is 0.328 e. The summed E-state index contributed by atoms with van der Waals surface area (Å²) in [6.45, 7) is 4.47. The van der Waals surface area contributed by atoms with Gasteiger partial charge >= 0.3 is 5.97 Å². The number of aliphatic hydroxyl groups excluding tert-OH is 1. The van der Waals surface area contributed by atoms with E-state index in [1.54, 1.807) is 57.2 Å². The average molecular weight is 517 g/mol. The van der Waals surface area contributed by atoms with E-state index in [2.05, 4.69) is 10.0 Å². The van der Waals surface area contributed by atoms with E-state index < -0.39 is 34.5 Å². The number of halogens is 1. The van der Waals surface area contributed by atoms with E-state index in [4.69, 9.17) is 21.8 Å². The summed E-state index contributed by atoms with van der Waals surface area (Å²) < 4.78 is 28.7. The lowest BCUT2D eigenvalue weighted by molar-refractivity contribution is -0.140. The molecule has 0 unspecified atom stereocenters. The normalized spacial score (nSPS) is 12.1. The number of aliphatic carboxylic acids is 1. The molecule has 0 spiro atoms. The Labute approximate surface area is 208 Å². The van der Waals surface area contributed by atoms with E-state index in [-0.39, 0.29) is 10.5 Å². The molecule has 0 aromatic heterocycles. The topological polar surface area (TPSA) is 133 Å². The molecule has 10 heteroatoms. The Morgan fingerprint density at radius 3 is 2.31 bits per heavy atom. The van der Waals surface area contributed by atoms with Crippen molar-refractivity contribution in [3.8, 4) is 11.1 Å². The second kappa shape index (κ2) is 10.5. The fourth-order valence-electron chi connectivity index (χ4n) is 3.56. The molecule has 184 valence electrons. The molecular formula is C25H25ClN2O6S. The van der Waals surface area contributed by atoms with Crippen LogP contribution >= 0.6 is 11.6 Å². The highest BCUT2D eigenvalue weighted by Gasteiger charge is 2.21. The van der Waals surface area contributed by atoms with Crippen molar-refractivity contribution in [2.45, 2.75) is 31.7 Å². The Balaban J connectivity index is 1.87. The van der Waals surface area contributed by atoms with Gasteiger partial charge in [0.25, 0.3) is 15.9 Å². The highest BCUT2D eigenvalue weighted by Crippen LogP contribution is 2.29. The van der Waals surface area contributed by atoms with Crippen molar-refractivity contribution in [1.29, 1.82) is 0 Å². The van der Waals surface area contributed by atoms with Gasteiger partial charge in [0.1, 0.15) is 0 Å². The Kier molecular flexibility index (Phi) is 7.84. The number of sulfonamides is 1. The van der Waals surface area contributed by atoms with Crippen molar-refractivity contribution in [3.05, 3.63) is 81.9 Å². The van der Waals surface area contributed by atoms with Crippen LogP contribution in [0.3, 0.4) is 0 Å². The van der Waals surface area contributed by atoms with Crippen molar-refractivity contribution in [3.63, 3.8) is 0 Å². The molecule has 35 heavy (non-hydrogen) atoms. The molecule has 0 saturated heterocycles. The SMILES string of the molecule is Cc1cc(S(=O)(=O)Nc2cccc(-c3ccc(C(=O)N[C@@H](CO)C(=O)O)cc3C)c2)c(C)cc1Cl. The molecule has 0 radical (unpaired) electrons. The second-order valence-corrected chi connectivity index (χ2v) is 10.2. The highest BCUT2D eigenvalue weighted by atomic mass is 35.5. The molecule has 3 rings (SSSR count). The van der Waals surface area contributed by atoms with Gasteiger partial charge in [0.15, 0.2) is 6.04 Å². The number of nitrogens with one attached hydrogen (secondary N) is 2. The standard InChI is InChI=1S/C25H25ClN2O6S/c1-14-9-18(24(30)27-22(13-29)25(31)32)7-8-20(14)17-5-4-6-19(12-17)28-35(33,34)23-11-15(2)21(26)10-16(23)3/h4-12,22,28-29H,13H2,1-3H3,(H,27,30)(H,31,32)/t22-/m0/s1. The van der Waals surface area contributed by atoms with Gasteiger partial charge in [-0.2, -0.15) is 0 Å². The summed E-state index contributed by atoms with van der Waals surface area (Å²) >= 11 is 6.10. The second-order valence-electron chi connectivity index (χ2n) is 8.13. The highest BCUT2D eigenvalue weighted by molar-refractivity contribution is 7.92. The fourth-order valence-corrected chi connectivity index (χ4v) is 5.14. The number of hydrogen-bond acceptors (Lipinski definition) is 5. The predicted octanol–water partition coefficient (Wildman–Crippen LogP) is 3.91. The number of hydrogen-bond donors (Lipinski definition) is 4. The van der Waals surface area contributed by atoms with Gasteiger partial charge in [0.2, 0.25) is 0 Å².